The maximum absolute atomic E-state index is 12.8. The number of unbranched alkanes of at least 4 members (excludes halogenated alkanes) is 11. The summed E-state index contributed by atoms with van der Waals surface area (Å²) in [6, 6.07) is 13.1. The van der Waals surface area contributed by atoms with Crippen molar-refractivity contribution in [3.63, 3.8) is 0 Å². The van der Waals surface area contributed by atoms with Crippen LogP contribution in [0.25, 0.3) is 0 Å². The van der Waals surface area contributed by atoms with Crippen LogP contribution in [0, 0.1) is 6.92 Å². The number of nitrogens with zero attached hydrogens (tertiary/aromatic N) is 1. The van der Waals surface area contributed by atoms with Gasteiger partial charge in [-0.25, -0.2) is 4.79 Å². The SMILES string of the molecule is CCCCCCCCCCCCCCOc1c(NC(=O)Nc2ccc(C[n+]3cscc3C)cc2)cccc1OC. The smallest absolute Gasteiger partial charge is 0.323 e. The Hall–Kier alpha value is -3.06. The predicted octanol–water partition coefficient (Wildman–Crippen LogP) is 9.12. The Balaban J connectivity index is 1.38. The molecule has 3 rings (SSSR count). The monoisotopic (exact) mass is 566 g/mol. The van der Waals surface area contributed by atoms with Crippen LogP contribution in [0.3, 0.4) is 0 Å². The molecule has 1 aromatic heterocycles. The second kappa shape index (κ2) is 18.3. The molecular weight excluding hydrogens is 518 g/mol. The number of hydrogen-bond donors (Lipinski definition) is 2. The first kappa shape index (κ1) is 31.5. The second-order valence-electron chi connectivity index (χ2n) is 10.5. The summed E-state index contributed by atoms with van der Waals surface area (Å²) >= 11 is 1.69. The van der Waals surface area contributed by atoms with Crippen LogP contribution in [-0.2, 0) is 6.54 Å². The summed E-state index contributed by atoms with van der Waals surface area (Å²) in [4.78, 5) is 12.8. The number of hydrogen-bond acceptors (Lipinski definition) is 4. The first-order valence-electron chi connectivity index (χ1n) is 15.0. The number of para-hydroxylation sites is 1. The van der Waals surface area contributed by atoms with Crippen molar-refractivity contribution in [2.75, 3.05) is 24.4 Å². The van der Waals surface area contributed by atoms with E-state index in [1.54, 1.807) is 18.4 Å². The summed E-state index contributed by atoms with van der Waals surface area (Å²) in [6.07, 6.45) is 15.6. The second-order valence-corrected chi connectivity index (χ2v) is 11.2. The van der Waals surface area contributed by atoms with E-state index in [4.69, 9.17) is 9.47 Å². The van der Waals surface area contributed by atoms with Crippen LogP contribution in [0.5, 0.6) is 11.5 Å². The van der Waals surface area contributed by atoms with Crippen molar-refractivity contribution in [3.05, 3.63) is 64.6 Å². The number of thiazole rings is 1. The number of aryl methyl sites for hydroxylation is 1. The zero-order valence-corrected chi connectivity index (χ0v) is 25.5. The fraction of sp³-hybridized carbons (Fsp3) is 0.515. The van der Waals surface area contributed by atoms with Crippen molar-refractivity contribution in [3.8, 4) is 11.5 Å². The van der Waals surface area contributed by atoms with E-state index in [9.17, 15) is 4.79 Å². The van der Waals surface area contributed by atoms with Crippen LogP contribution in [0.4, 0.5) is 16.2 Å². The Morgan fingerprint density at radius 3 is 2.10 bits per heavy atom. The van der Waals surface area contributed by atoms with Gasteiger partial charge in [0.15, 0.2) is 23.7 Å². The molecule has 0 aliphatic carbocycles. The van der Waals surface area contributed by atoms with Gasteiger partial charge in [0.25, 0.3) is 0 Å². The maximum Gasteiger partial charge on any atom is 0.323 e. The summed E-state index contributed by atoms with van der Waals surface area (Å²) in [5, 5.41) is 7.98. The minimum absolute atomic E-state index is 0.320. The highest BCUT2D eigenvalue weighted by Crippen LogP contribution is 2.35. The Morgan fingerprint density at radius 2 is 1.50 bits per heavy atom. The molecule has 0 fully saturated rings. The van der Waals surface area contributed by atoms with Gasteiger partial charge in [0.05, 0.1) is 24.8 Å². The standard InChI is InChI=1S/C33H47N3O3S/c1-4-5-6-7-8-9-10-11-12-13-14-15-23-39-32-30(17-16-18-31(32)38-3)35-33(37)34-29-21-19-28(20-22-29)24-36-26-40-25-27(36)2/h16-22,25-26H,4-15,23-24H2,1-3H3,(H-,34,35,37)/p+1. The number of anilines is 2. The van der Waals surface area contributed by atoms with Crippen LogP contribution in [-0.4, -0.2) is 19.7 Å². The summed E-state index contributed by atoms with van der Waals surface area (Å²) in [5.74, 6) is 1.18. The van der Waals surface area contributed by atoms with Gasteiger partial charge in [-0.1, -0.05) is 107 Å². The summed E-state index contributed by atoms with van der Waals surface area (Å²) in [6.45, 7) is 5.78. The number of carbonyl (C=O) groups is 1. The van der Waals surface area contributed by atoms with Crippen molar-refractivity contribution in [2.24, 2.45) is 0 Å². The third-order valence-electron chi connectivity index (χ3n) is 7.14. The average molecular weight is 567 g/mol. The average Bonchev–Trinajstić information content (AvgIpc) is 3.36. The molecular formula is C33H48N3O3S+. The molecule has 2 N–H and O–H groups in total. The fourth-order valence-electron chi connectivity index (χ4n) is 4.73. The number of methoxy groups -OCH3 is 1. The summed E-state index contributed by atoms with van der Waals surface area (Å²) < 4.78 is 13.8. The third kappa shape index (κ3) is 11.2. The number of urea groups is 1. The molecule has 7 heteroatoms. The summed E-state index contributed by atoms with van der Waals surface area (Å²) in [5.41, 5.74) is 5.85. The van der Waals surface area contributed by atoms with Gasteiger partial charge >= 0.3 is 6.03 Å². The zero-order valence-electron chi connectivity index (χ0n) is 24.7. The maximum atomic E-state index is 12.8. The molecule has 2 amide bonds. The van der Waals surface area contributed by atoms with Crippen molar-refractivity contribution in [1.29, 1.82) is 0 Å². The number of nitrogens with one attached hydrogen (secondary N) is 2. The first-order valence-corrected chi connectivity index (χ1v) is 15.9. The van der Waals surface area contributed by atoms with Crippen molar-refractivity contribution >= 4 is 28.7 Å². The Bertz CT molecular complexity index is 1130. The molecule has 0 saturated heterocycles. The van der Waals surface area contributed by atoms with Gasteiger partial charge in [0.1, 0.15) is 0 Å². The molecule has 40 heavy (non-hydrogen) atoms. The van der Waals surface area contributed by atoms with Crippen LogP contribution in [0.1, 0.15) is 95.2 Å². The normalized spacial score (nSPS) is 10.9. The van der Waals surface area contributed by atoms with E-state index in [1.165, 1.54) is 75.5 Å². The van der Waals surface area contributed by atoms with Gasteiger partial charge in [0, 0.05) is 18.2 Å². The predicted molar refractivity (Wildman–Crippen MR) is 167 cm³/mol. The van der Waals surface area contributed by atoms with Gasteiger partial charge in [0.2, 0.25) is 5.51 Å². The number of benzene rings is 2. The number of ether oxygens (including phenoxy) is 2. The van der Waals surface area contributed by atoms with Gasteiger partial charge in [-0.3, -0.25) is 0 Å². The topological polar surface area (TPSA) is 63.5 Å². The van der Waals surface area contributed by atoms with Crippen molar-refractivity contribution in [1.82, 2.24) is 0 Å². The van der Waals surface area contributed by atoms with E-state index in [2.05, 4.69) is 39.9 Å². The Kier molecular flexibility index (Phi) is 14.4. The Labute approximate surface area is 245 Å². The summed E-state index contributed by atoms with van der Waals surface area (Å²) in [7, 11) is 1.62. The number of aromatic nitrogens is 1. The van der Waals surface area contributed by atoms with E-state index < -0.39 is 0 Å². The van der Waals surface area contributed by atoms with Crippen molar-refractivity contribution < 1.29 is 18.8 Å². The van der Waals surface area contributed by atoms with Gasteiger partial charge in [-0.2, -0.15) is 4.57 Å². The van der Waals surface area contributed by atoms with Gasteiger partial charge < -0.3 is 20.1 Å². The lowest BCUT2D eigenvalue weighted by atomic mass is 10.1. The van der Waals surface area contributed by atoms with Crippen molar-refractivity contribution in [2.45, 2.75) is 97.4 Å². The molecule has 0 atom stereocenters. The van der Waals surface area contributed by atoms with Gasteiger partial charge in [-0.15, -0.1) is 0 Å². The molecule has 2 aromatic carbocycles. The lowest BCUT2D eigenvalue weighted by molar-refractivity contribution is -0.689. The molecule has 0 saturated carbocycles. The molecule has 0 bridgehead atoms. The van der Waals surface area contributed by atoms with Crippen LogP contribution >= 0.6 is 11.3 Å². The largest absolute Gasteiger partial charge is 0.493 e. The highest BCUT2D eigenvalue weighted by atomic mass is 32.1. The van der Waals surface area contributed by atoms with Gasteiger partial charge in [-0.05, 0) is 30.7 Å². The highest BCUT2D eigenvalue weighted by Gasteiger charge is 2.14. The molecule has 1 heterocycles. The van der Waals surface area contributed by atoms with Crippen LogP contribution in [0.2, 0.25) is 0 Å². The molecule has 0 radical (unpaired) electrons. The molecule has 6 nitrogen and oxygen atoms in total. The number of amides is 2. The number of carbonyl (C=O) groups excluding carboxylic acids is 1. The molecule has 0 unspecified atom stereocenters. The number of rotatable bonds is 19. The fourth-order valence-corrected chi connectivity index (χ4v) is 5.51. The van der Waals surface area contributed by atoms with E-state index in [0.29, 0.717) is 23.8 Å². The molecule has 0 aliphatic heterocycles. The zero-order chi connectivity index (χ0) is 28.4. The Morgan fingerprint density at radius 1 is 0.850 bits per heavy atom. The van der Waals surface area contributed by atoms with E-state index in [0.717, 1.165) is 25.1 Å². The lowest BCUT2D eigenvalue weighted by Crippen LogP contribution is -2.34. The highest BCUT2D eigenvalue weighted by molar-refractivity contribution is 7.07. The minimum atomic E-state index is -0.320. The molecule has 3 aromatic rings. The van der Waals surface area contributed by atoms with Crippen LogP contribution < -0.4 is 24.7 Å². The van der Waals surface area contributed by atoms with E-state index >= 15 is 0 Å². The minimum Gasteiger partial charge on any atom is -0.493 e. The third-order valence-corrected chi connectivity index (χ3v) is 7.99. The van der Waals surface area contributed by atoms with Crippen LogP contribution in [0.15, 0.2) is 53.4 Å². The molecule has 218 valence electrons. The lowest BCUT2D eigenvalue weighted by Gasteiger charge is -2.16. The molecule has 0 aliphatic rings. The van der Waals surface area contributed by atoms with E-state index in [-0.39, 0.29) is 6.03 Å². The quantitative estimate of drug-likeness (QED) is 0.112. The molecule has 0 spiro atoms. The van der Waals surface area contributed by atoms with E-state index in [1.807, 2.05) is 42.5 Å². The first-order chi connectivity index (χ1) is 19.6.